The molecule has 2 N–H and O–H groups in total. The predicted molar refractivity (Wildman–Crippen MR) is 175 cm³/mol. The van der Waals surface area contributed by atoms with Crippen LogP contribution in [0.4, 0.5) is 24.5 Å². The van der Waals surface area contributed by atoms with Crippen LogP contribution in [0.5, 0.6) is 11.5 Å². The third-order valence-corrected chi connectivity index (χ3v) is 8.87. The SMILES string of the molecule is C1=COCC1.COC(=O)c1cc(Nc2c(S(=O)(=O)NC3CC3)cnc3cc(-c4cccnc4)cc(F)c23)cc(Oc2cc(F)cc(F)c2)c1. The minimum atomic E-state index is -4.18. The summed E-state index contributed by atoms with van der Waals surface area (Å²) in [6.45, 7) is 0.889. The number of fused-ring (bicyclic) bond motifs is 1. The lowest BCUT2D eigenvalue weighted by atomic mass is 10.0. The molecule has 1 fully saturated rings. The molecule has 0 atom stereocenters. The van der Waals surface area contributed by atoms with E-state index in [2.05, 4.69) is 20.0 Å². The Labute approximate surface area is 279 Å². The number of hydrogen-bond acceptors (Lipinski definition) is 9. The lowest BCUT2D eigenvalue weighted by Gasteiger charge is -2.18. The number of anilines is 2. The number of ether oxygens (including phenoxy) is 3. The lowest BCUT2D eigenvalue weighted by Crippen LogP contribution is -2.26. The van der Waals surface area contributed by atoms with Gasteiger partial charge in [0.1, 0.15) is 33.8 Å². The van der Waals surface area contributed by atoms with Gasteiger partial charge in [-0.1, -0.05) is 6.07 Å². The molecule has 0 saturated heterocycles. The minimum Gasteiger partial charge on any atom is -0.501 e. The number of benzene rings is 3. The second kappa shape index (κ2) is 14.3. The number of aromatic nitrogens is 2. The van der Waals surface area contributed by atoms with Gasteiger partial charge in [0, 0.05) is 66.6 Å². The molecule has 0 amide bonds. The predicted octanol–water partition coefficient (Wildman–Crippen LogP) is 7.40. The van der Waals surface area contributed by atoms with Crippen molar-refractivity contribution in [3.8, 4) is 22.6 Å². The summed E-state index contributed by atoms with van der Waals surface area (Å²) in [5, 5.41) is 2.81. The van der Waals surface area contributed by atoms with Gasteiger partial charge in [0.05, 0.1) is 42.1 Å². The number of carbonyl (C=O) groups excluding carboxylic acids is 1. The summed E-state index contributed by atoms with van der Waals surface area (Å²) in [5.74, 6) is -3.56. The van der Waals surface area contributed by atoms with Crippen molar-refractivity contribution in [1.29, 1.82) is 0 Å². The van der Waals surface area contributed by atoms with Crippen LogP contribution in [0, 0.1) is 17.5 Å². The molecule has 1 aliphatic heterocycles. The summed E-state index contributed by atoms with van der Waals surface area (Å²) in [5.41, 5.74) is 1.14. The van der Waals surface area contributed by atoms with Crippen molar-refractivity contribution < 1.29 is 40.6 Å². The van der Waals surface area contributed by atoms with Crippen molar-refractivity contribution in [3.05, 3.63) is 115 Å². The van der Waals surface area contributed by atoms with Crippen LogP contribution in [-0.4, -0.2) is 44.1 Å². The standard InChI is InChI=1S/C31H23F3N4O5S.C4H6O/c1-42-31(39)19-7-23(14-24(8-19)43-25-12-20(32)11-21(33)13-25)37-30-28(44(40,41)38-22-4-5-22)16-36-27-10-18(9-26(34)29(27)30)17-3-2-6-35-15-17;1-2-4-5-3-1/h2-3,6-16,22,38H,4-5H2,1H3,(H,36,37);1,3H,2,4H2. The fraction of sp³-hybridized carbons (Fsp3) is 0.171. The summed E-state index contributed by atoms with van der Waals surface area (Å²) < 4.78 is 88.3. The van der Waals surface area contributed by atoms with Crippen molar-refractivity contribution in [1.82, 2.24) is 14.7 Å². The quantitative estimate of drug-likeness (QED) is 0.152. The molecule has 7 rings (SSSR count). The van der Waals surface area contributed by atoms with E-state index in [0.29, 0.717) is 30.0 Å². The first-order valence-corrected chi connectivity index (χ1v) is 16.5. The van der Waals surface area contributed by atoms with Crippen LogP contribution >= 0.6 is 0 Å². The number of carbonyl (C=O) groups is 1. The number of hydrogen-bond donors (Lipinski definition) is 2. The first kappa shape index (κ1) is 33.4. The van der Waals surface area contributed by atoms with Gasteiger partial charge in [-0.25, -0.2) is 31.1 Å². The van der Waals surface area contributed by atoms with Gasteiger partial charge in [-0.3, -0.25) is 9.97 Å². The van der Waals surface area contributed by atoms with Crippen LogP contribution in [0.15, 0.2) is 96.5 Å². The van der Waals surface area contributed by atoms with Gasteiger partial charge in [-0.15, -0.1) is 0 Å². The first-order chi connectivity index (χ1) is 23.6. The lowest BCUT2D eigenvalue weighted by molar-refractivity contribution is 0.0600. The summed E-state index contributed by atoms with van der Waals surface area (Å²) in [6, 6.07) is 12.6. The fourth-order valence-electron chi connectivity index (χ4n) is 4.94. The van der Waals surface area contributed by atoms with E-state index in [9.17, 15) is 22.0 Å². The van der Waals surface area contributed by atoms with Gasteiger partial charge < -0.3 is 19.5 Å². The number of methoxy groups -OCH3 is 1. The highest BCUT2D eigenvalue weighted by Gasteiger charge is 2.31. The molecular weight excluding hydrogens is 661 g/mol. The maximum Gasteiger partial charge on any atom is 0.338 e. The Balaban J connectivity index is 0.000000765. The van der Waals surface area contributed by atoms with E-state index >= 15 is 4.39 Å². The Hall–Kier alpha value is -5.47. The molecule has 1 saturated carbocycles. The highest BCUT2D eigenvalue weighted by atomic mass is 32.2. The number of nitrogens with one attached hydrogen (secondary N) is 2. The Bertz CT molecular complexity index is 2140. The number of esters is 1. The maximum absolute atomic E-state index is 16.0. The zero-order chi connectivity index (χ0) is 34.5. The molecule has 5 aromatic rings. The Morgan fingerprint density at radius 3 is 2.37 bits per heavy atom. The minimum absolute atomic E-state index is 0.0393. The highest BCUT2D eigenvalue weighted by molar-refractivity contribution is 7.89. The van der Waals surface area contributed by atoms with Crippen LogP contribution in [0.25, 0.3) is 22.0 Å². The first-order valence-electron chi connectivity index (χ1n) is 15.1. The summed E-state index contributed by atoms with van der Waals surface area (Å²) >= 11 is 0. The van der Waals surface area contributed by atoms with E-state index in [0.717, 1.165) is 38.5 Å². The molecule has 252 valence electrons. The molecule has 0 spiro atoms. The fourth-order valence-corrected chi connectivity index (χ4v) is 6.36. The average molecular weight is 691 g/mol. The zero-order valence-electron chi connectivity index (χ0n) is 26.0. The van der Waals surface area contributed by atoms with Gasteiger partial charge >= 0.3 is 5.97 Å². The van der Waals surface area contributed by atoms with Gasteiger partial charge in [0.25, 0.3) is 0 Å². The van der Waals surface area contributed by atoms with Gasteiger partial charge in [0.15, 0.2) is 0 Å². The maximum atomic E-state index is 16.0. The van der Waals surface area contributed by atoms with Crippen molar-refractivity contribution in [2.45, 2.75) is 30.2 Å². The third kappa shape index (κ3) is 8.16. The summed E-state index contributed by atoms with van der Waals surface area (Å²) in [6.07, 6.45) is 10.4. The smallest absolute Gasteiger partial charge is 0.338 e. The topological polar surface area (TPSA) is 129 Å². The number of sulfonamides is 1. The van der Waals surface area contributed by atoms with Crippen LogP contribution in [0.1, 0.15) is 29.6 Å². The molecule has 3 aromatic carbocycles. The number of nitrogens with zero attached hydrogens (tertiary/aromatic N) is 2. The Kier molecular flexibility index (Phi) is 9.78. The molecular formula is C35H29F3N4O6S. The number of halogens is 3. The molecule has 3 heterocycles. The number of rotatable bonds is 9. The van der Waals surface area contributed by atoms with E-state index < -0.39 is 33.4 Å². The zero-order valence-corrected chi connectivity index (χ0v) is 26.8. The number of pyridine rings is 2. The van der Waals surface area contributed by atoms with Crippen LogP contribution < -0.4 is 14.8 Å². The van der Waals surface area contributed by atoms with E-state index in [4.69, 9.17) is 14.2 Å². The van der Waals surface area contributed by atoms with Crippen molar-refractivity contribution in [3.63, 3.8) is 0 Å². The Morgan fingerprint density at radius 2 is 1.73 bits per heavy atom. The second-order valence-electron chi connectivity index (χ2n) is 11.1. The molecule has 14 heteroatoms. The van der Waals surface area contributed by atoms with E-state index in [1.165, 1.54) is 24.3 Å². The van der Waals surface area contributed by atoms with Gasteiger partial charge in [0.2, 0.25) is 10.0 Å². The highest BCUT2D eigenvalue weighted by Crippen LogP contribution is 2.38. The molecule has 2 aromatic heterocycles. The molecule has 0 unspecified atom stereocenters. The third-order valence-electron chi connectivity index (χ3n) is 7.33. The van der Waals surface area contributed by atoms with Crippen molar-refractivity contribution in [2.24, 2.45) is 0 Å². The monoisotopic (exact) mass is 690 g/mol. The van der Waals surface area contributed by atoms with Crippen molar-refractivity contribution >= 4 is 38.3 Å². The average Bonchev–Trinajstić information content (AvgIpc) is 3.65. The molecule has 1 aliphatic carbocycles. The van der Waals surface area contributed by atoms with Crippen LogP contribution in [-0.2, 0) is 19.5 Å². The molecule has 49 heavy (non-hydrogen) atoms. The van der Waals surface area contributed by atoms with Gasteiger partial charge in [-0.05, 0) is 54.8 Å². The van der Waals surface area contributed by atoms with E-state index in [1.807, 2.05) is 6.08 Å². The molecule has 0 radical (unpaired) electrons. The normalized spacial score (nSPS) is 13.7. The van der Waals surface area contributed by atoms with Gasteiger partial charge in [-0.2, -0.15) is 0 Å². The Morgan fingerprint density at radius 1 is 0.959 bits per heavy atom. The second-order valence-corrected chi connectivity index (χ2v) is 12.8. The van der Waals surface area contributed by atoms with E-state index in [1.54, 1.807) is 36.9 Å². The van der Waals surface area contributed by atoms with E-state index in [-0.39, 0.29) is 50.3 Å². The molecule has 2 aliphatic rings. The van der Waals surface area contributed by atoms with Crippen LogP contribution in [0.3, 0.4) is 0 Å². The summed E-state index contributed by atoms with van der Waals surface area (Å²) in [7, 11) is -3.02. The molecule has 0 bridgehead atoms. The largest absolute Gasteiger partial charge is 0.501 e. The van der Waals surface area contributed by atoms with Crippen molar-refractivity contribution in [2.75, 3.05) is 19.0 Å². The molecule has 10 nitrogen and oxygen atoms in total. The summed E-state index contributed by atoms with van der Waals surface area (Å²) in [4.78, 5) is 20.5. The van der Waals surface area contributed by atoms with Crippen LogP contribution in [0.2, 0.25) is 0 Å².